The minimum atomic E-state index is -0.751. The van der Waals surface area contributed by atoms with Crippen LogP contribution in [-0.4, -0.2) is 41.1 Å². The van der Waals surface area contributed by atoms with Crippen LogP contribution in [0.4, 0.5) is 17.2 Å². The van der Waals surface area contributed by atoms with Gasteiger partial charge in [-0.1, -0.05) is 38.8 Å². The fraction of sp³-hybridized carbons (Fsp3) is 0.455. The van der Waals surface area contributed by atoms with Gasteiger partial charge in [0.15, 0.2) is 12.3 Å². The summed E-state index contributed by atoms with van der Waals surface area (Å²) >= 11 is 6.09. The number of benzene rings is 1. The summed E-state index contributed by atoms with van der Waals surface area (Å²) in [7, 11) is 0. The first-order valence-electron chi connectivity index (χ1n) is 10.8. The summed E-state index contributed by atoms with van der Waals surface area (Å²) in [6.07, 6.45) is 1.34. The predicted octanol–water partition coefficient (Wildman–Crippen LogP) is 1.99. The van der Waals surface area contributed by atoms with Gasteiger partial charge in [0, 0.05) is 18.1 Å². The van der Waals surface area contributed by atoms with E-state index in [2.05, 4.69) is 4.98 Å². The first-order valence-corrected chi connectivity index (χ1v) is 11.2. The topological polar surface area (TPSA) is 131 Å². The van der Waals surface area contributed by atoms with E-state index in [1.165, 1.54) is 14.4 Å². The lowest BCUT2D eigenvalue weighted by Gasteiger charge is -2.31. The number of unbranched alkanes of at least 4 members (excludes halogenated alkanes) is 1. The summed E-state index contributed by atoms with van der Waals surface area (Å²) in [5.41, 5.74) is 5.12. The highest BCUT2D eigenvalue weighted by Gasteiger charge is 2.31. The van der Waals surface area contributed by atoms with Crippen molar-refractivity contribution < 1.29 is 14.3 Å². The molecule has 2 aromatic rings. The Hall–Kier alpha value is -3.27. The van der Waals surface area contributed by atoms with Crippen LogP contribution >= 0.6 is 11.6 Å². The number of hydrogen-bond acceptors (Lipinski definition) is 6. The van der Waals surface area contributed by atoms with Crippen LogP contribution in [0.3, 0.4) is 0 Å². The number of nitrogens with two attached hydrogens (primary N) is 1. The molecule has 0 atom stereocenters. The SMILES string of the molecule is CCCCN(C(=O)CN1C(=O)COc2ccc(Cl)cc21)c1c(N)n(CC(C)C)c(=O)[nH]c1=O. The van der Waals surface area contributed by atoms with Gasteiger partial charge in [0.1, 0.15) is 18.1 Å². The van der Waals surface area contributed by atoms with Gasteiger partial charge in [0.05, 0.1) is 5.69 Å². The molecule has 0 saturated carbocycles. The smallest absolute Gasteiger partial charge is 0.330 e. The maximum absolute atomic E-state index is 13.4. The summed E-state index contributed by atoms with van der Waals surface area (Å²) in [5, 5.41) is 0.383. The van der Waals surface area contributed by atoms with Crippen molar-refractivity contribution in [2.24, 2.45) is 5.92 Å². The molecular formula is C22H28ClN5O5. The van der Waals surface area contributed by atoms with Crippen LogP contribution in [0.2, 0.25) is 5.02 Å². The van der Waals surface area contributed by atoms with Gasteiger partial charge in [-0.2, -0.15) is 0 Å². The molecule has 0 aliphatic carbocycles. The molecular weight excluding hydrogens is 450 g/mol. The maximum atomic E-state index is 13.4. The lowest BCUT2D eigenvalue weighted by molar-refractivity contribution is -0.124. The van der Waals surface area contributed by atoms with Crippen LogP contribution in [-0.2, 0) is 16.1 Å². The van der Waals surface area contributed by atoms with Crippen molar-refractivity contribution in [1.82, 2.24) is 9.55 Å². The van der Waals surface area contributed by atoms with Gasteiger partial charge in [-0.3, -0.25) is 28.8 Å². The molecule has 0 spiro atoms. The molecule has 11 heteroatoms. The zero-order valence-corrected chi connectivity index (χ0v) is 19.6. The number of carbonyl (C=O) groups excluding carboxylic acids is 2. The number of nitrogens with zero attached hydrogens (tertiary/aromatic N) is 3. The lowest BCUT2D eigenvalue weighted by Crippen LogP contribution is -2.49. The third kappa shape index (κ3) is 5.22. The van der Waals surface area contributed by atoms with Crippen molar-refractivity contribution in [3.8, 4) is 5.75 Å². The average molecular weight is 478 g/mol. The van der Waals surface area contributed by atoms with E-state index in [0.29, 0.717) is 22.9 Å². The lowest BCUT2D eigenvalue weighted by atomic mass is 10.2. The summed E-state index contributed by atoms with van der Waals surface area (Å²) in [6, 6.07) is 4.80. The molecule has 33 heavy (non-hydrogen) atoms. The van der Waals surface area contributed by atoms with E-state index in [0.717, 1.165) is 6.42 Å². The molecule has 0 bridgehead atoms. The van der Waals surface area contributed by atoms with Crippen LogP contribution in [0, 0.1) is 5.92 Å². The minimum Gasteiger partial charge on any atom is -0.482 e. The fourth-order valence-electron chi connectivity index (χ4n) is 3.63. The van der Waals surface area contributed by atoms with Crippen molar-refractivity contribution in [3.63, 3.8) is 0 Å². The summed E-state index contributed by atoms with van der Waals surface area (Å²) in [6.45, 7) is 5.66. The van der Waals surface area contributed by atoms with Crippen molar-refractivity contribution in [2.75, 3.05) is 35.2 Å². The Balaban J connectivity index is 2.02. The Morgan fingerprint density at radius 2 is 2.03 bits per heavy atom. The number of H-pyrrole nitrogens is 1. The van der Waals surface area contributed by atoms with Gasteiger partial charge in [0.2, 0.25) is 5.91 Å². The third-order valence-corrected chi connectivity index (χ3v) is 5.46. The molecule has 3 N–H and O–H groups in total. The van der Waals surface area contributed by atoms with Gasteiger partial charge >= 0.3 is 5.69 Å². The molecule has 2 amide bonds. The molecule has 1 aromatic carbocycles. The summed E-state index contributed by atoms with van der Waals surface area (Å²) in [5.74, 6) is -0.513. The zero-order valence-electron chi connectivity index (χ0n) is 18.9. The van der Waals surface area contributed by atoms with Gasteiger partial charge in [-0.25, -0.2) is 4.79 Å². The molecule has 0 fully saturated rings. The number of ether oxygens (including phenoxy) is 1. The molecule has 0 unspecified atom stereocenters. The van der Waals surface area contributed by atoms with Gasteiger partial charge in [-0.05, 0) is 30.5 Å². The molecule has 2 heterocycles. The van der Waals surface area contributed by atoms with E-state index in [-0.39, 0.29) is 43.7 Å². The van der Waals surface area contributed by atoms with Crippen LogP contribution in [0.5, 0.6) is 5.75 Å². The van der Waals surface area contributed by atoms with E-state index in [9.17, 15) is 19.2 Å². The predicted molar refractivity (Wildman–Crippen MR) is 127 cm³/mol. The van der Waals surface area contributed by atoms with E-state index in [4.69, 9.17) is 22.1 Å². The molecule has 1 aromatic heterocycles. The summed E-state index contributed by atoms with van der Waals surface area (Å²) < 4.78 is 6.68. The van der Waals surface area contributed by atoms with Crippen molar-refractivity contribution in [2.45, 2.75) is 40.2 Å². The number of nitrogens with one attached hydrogen (secondary N) is 1. The Kier molecular flexibility index (Phi) is 7.47. The van der Waals surface area contributed by atoms with E-state index in [1.54, 1.807) is 18.2 Å². The number of fused-ring (bicyclic) bond motifs is 1. The minimum absolute atomic E-state index is 0.0794. The highest BCUT2D eigenvalue weighted by atomic mass is 35.5. The second-order valence-electron chi connectivity index (χ2n) is 8.28. The monoisotopic (exact) mass is 477 g/mol. The van der Waals surface area contributed by atoms with Crippen LogP contribution in [0.25, 0.3) is 0 Å². The number of anilines is 3. The Labute approximate surface area is 195 Å². The number of aromatic amines is 1. The van der Waals surface area contributed by atoms with Gasteiger partial charge in [-0.15, -0.1) is 0 Å². The third-order valence-electron chi connectivity index (χ3n) is 5.23. The highest BCUT2D eigenvalue weighted by molar-refractivity contribution is 6.31. The Morgan fingerprint density at radius 1 is 1.30 bits per heavy atom. The van der Waals surface area contributed by atoms with E-state index < -0.39 is 23.1 Å². The van der Waals surface area contributed by atoms with Crippen molar-refractivity contribution >= 4 is 40.6 Å². The summed E-state index contributed by atoms with van der Waals surface area (Å²) in [4.78, 5) is 55.9. The quantitative estimate of drug-likeness (QED) is 0.597. The number of rotatable bonds is 8. The number of halogens is 1. The van der Waals surface area contributed by atoms with Crippen LogP contribution < -0.4 is 31.5 Å². The molecule has 3 rings (SSSR count). The van der Waals surface area contributed by atoms with Crippen molar-refractivity contribution in [3.05, 3.63) is 44.1 Å². The number of hydrogen-bond donors (Lipinski definition) is 2. The Bertz CT molecular complexity index is 1170. The molecule has 0 saturated heterocycles. The second-order valence-corrected chi connectivity index (χ2v) is 8.71. The van der Waals surface area contributed by atoms with Gasteiger partial charge < -0.3 is 15.4 Å². The maximum Gasteiger partial charge on any atom is 0.330 e. The molecule has 178 valence electrons. The zero-order chi connectivity index (χ0) is 24.3. The molecule has 0 radical (unpaired) electrons. The van der Waals surface area contributed by atoms with Crippen LogP contribution in [0.1, 0.15) is 33.6 Å². The first-order chi connectivity index (χ1) is 15.6. The number of amides is 2. The molecule has 10 nitrogen and oxygen atoms in total. The number of aromatic nitrogens is 2. The van der Waals surface area contributed by atoms with E-state index in [1.807, 2.05) is 20.8 Å². The molecule has 1 aliphatic heterocycles. The average Bonchev–Trinajstić information content (AvgIpc) is 2.75. The fourth-order valence-corrected chi connectivity index (χ4v) is 3.80. The Morgan fingerprint density at radius 3 is 2.70 bits per heavy atom. The normalized spacial score (nSPS) is 13.1. The van der Waals surface area contributed by atoms with Gasteiger partial charge in [0.25, 0.3) is 11.5 Å². The molecule has 1 aliphatic rings. The number of carbonyl (C=O) groups is 2. The highest BCUT2D eigenvalue weighted by Crippen LogP contribution is 2.34. The second kappa shape index (κ2) is 10.1. The largest absolute Gasteiger partial charge is 0.482 e. The standard InChI is InChI=1S/C22H28ClN5O5/c1-4-5-8-26(19-20(24)28(10-13(2)3)22(32)25-21(19)31)17(29)11-27-15-9-14(23)6-7-16(15)33-12-18(27)30/h6-7,9,13H,4-5,8,10-12,24H2,1-3H3,(H,25,31,32). The van der Waals surface area contributed by atoms with Crippen molar-refractivity contribution in [1.29, 1.82) is 0 Å². The van der Waals surface area contributed by atoms with Crippen LogP contribution in [0.15, 0.2) is 27.8 Å². The first kappa shape index (κ1) is 24.4. The number of nitrogen functional groups attached to an aromatic ring is 1. The van der Waals surface area contributed by atoms with E-state index >= 15 is 0 Å².